The van der Waals surface area contributed by atoms with Gasteiger partial charge in [-0.05, 0) is 18.9 Å². The number of carbonyl (C=O) groups excluding carboxylic acids is 2. The fourth-order valence-corrected chi connectivity index (χ4v) is 2.57. The number of amides is 2. The van der Waals surface area contributed by atoms with Gasteiger partial charge in [0.05, 0.1) is 25.5 Å². The van der Waals surface area contributed by atoms with Crippen LogP contribution in [0.4, 0.5) is 10.6 Å². The van der Waals surface area contributed by atoms with E-state index in [1.54, 1.807) is 6.92 Å². The smallest absolute Gasteiger partial charge is 0.343 e. The van der Waals surface area contributed by atoms with Crippen LogP contribution in [0.2, 0.25) is 0 Å². The van der Waals surface area contributed by atoms with Gasteiger partial charge in [0.15, 0.2) is 0 Å². The number of benzene rings is 1. The second-order valence-electron chi connectivity index (χ2n) is 6.05. The molecule has 1 aromatic carbocycles. The summed E-state index contributed by atoms with van der Waals surface area (Å²) in [6.45, 7) is 4.39. The second kappa shape index (κ2) is 10.3. The number of rotatable bonds is 9. The van der Waals surface area contributed by atoms with Crippen molar-refractivity contribution in [2.45, 2.75) is 45.9 Å². The highest BCUT2D eigenvalue weighted by molar-refractivity contribution is 5.99. The largest absolute Gasteiger partial charge is 0.462 e. The predicted octanol–water partition coefficient (Wildman–Crippen LogP) is 2.54. The molecule has 0 saturated carbocycles. The third-order valence-electron chi connectivity index (χ3n) is 3.87. The Kier molecular flexibility index (Phi) is 7.81. The molecule has 0 aliphatic rings. The summed E-state index contributed by atoms with van der Waals surface area (Å²) in [4.78, 5) is 24.4. The molecule has 1 atom stereocenters. The summed E-state index contributed by atoms with van der Waals surface area (Å²) in [5.41, 5.74) is 1.10. The number of aliphatic hydroxyl groups excluding tert-OH is 1. The zero-order valence-corrected chi connectivity index (χ0v) is 15.6. The molecule has 0 bridgehead atoms. The molecule has 1 heterocycles. The summed E-state index contributed by atoms with van der Waals surface area (Å²) < 4.78 is 6.43. The Balaban J connectivity index is 2.11. The molecule has 1 unspecified atom stereocenters. The first-order chi connectivity index (χ1) is 13.0. The van der Waals surface area contributed by atoms with Crippen molar-refractivity contribution < 1.29 is 19.4 Å². The van der Waals surface area contributed by atoms with Crippen molar-refractivity contribution in [2.24, 2.45) is 0 Å². The van der Waals surface area contributed by atoms with Gasteiger partial charge in [-0.25, -0.2) is 14.3 Å². The van der Waals surface area contributed by atoms with E-state index >= 15 is 0 Å². The molecule has 8 heteroatoms. The molecule has 0 spiro atoms. The van der Waals surface area contributed by atoms with Crippen LogP contribution in [0.25, 0.3) is 0 Å². The van der Waals surface area contributed by atoms with E-state index in [9.17, 15) is 14.7 Å². The molecule has 8 nitrogen and oxygen atoms in total. The Morgan fingerprint density at radius 3 is 2.67 bits per heavy atom. The standard InChI is InChI=1S/C19H26N4O4/c1-3-8-15(24)13-23-17(16(12-21-23)18(25)27-4-2)22-19(26)20-11-14-9-6-5-7-10-14/h5-7,9-10,12,15,24H,3-4,8,11,13H2,1-2H3,(H2,20,22,26). The first-order valence-electron chi connectivity index (χ1n) is 9.04. The molecule has 0 fully saturated rings. The average molecular weight is 374 g/mol. The van der Waals surface area contributed by atoms with Crippen LogP contribution in [0.5, 0.6) is 0 Å². The van der Waals surface area contributed by atoms with Gasteiger partial charge in [0.2, 0.25) is 0 Å². The summed E-state index contributed by atoms with van der Waals surface area (Å²) in [5.74, 6) is -0.374. The van der Waals surface area contributed by atoms with Crippen LogP contribution in [0.3, 0.4) is 0 Å². The third kappa shape index (κ3) is 6.10. The number of urea groups is 1. The van der Waals surface area contributed by atoms with E-state index in [0.29, 0.717) is 13.0 Å². The number of hydrogen-bond acceptors (Lipinski definition) is 5. The molecule has 0 radical (unpaired) electrons. The molecule has 2 aromatic rings. The Morgan fingerprint density at radius 1 is 1.26 bits per heavy atom. The lowest BCUT2D eigenvalue weighted by atomic mass is 10.2. The maximum absolute atomic E-state index is 12.3. The van der Waals surface area contributed by atoms with Crippen LogP contribution in [0.1, 0.15) is 42.6 Å². The fraction of sp³-hybridized carbons (Fsp3) is 0.421. The van der Waals surface area contributed by atoms with Crippen LogP contribution >= 0.6 is 0 Å². The Morgan fingerprint density at radius 2 is 2.00 bits per heavy atom. The van der Waals surface area contributed by atoms with Gasteiger partial charge in [0.25, 0.3) is 0 Å². The molecule has 3 N–H and O–H groups in total. The molecule has 146 valence electrons. The minimum atomic E-state index is -0.627. The molecule has 2 rings (SSSR count). The minimum absolute atomic E-state index is 0.149. The van der Waals surface area contributed by atoms with Gasteiger partial charge in [-0.3, -0.25) is 5.32 Å². The first kappa shape index (κ1) is 20.4. The lowest BCUT2D eigenvalue weighted by Gasteiger charge is -2.14. The highest BCUT2D eigenvalue weighted by Gasteiger charge is 2.21. The quantitative estimate of drug-likeness (QED) is 0.585. The van der Waals surface area contributed by atoms with Crippen molar-refractivity contribution in [3.8, 4) is 0 Å². The molecular weight excluding hydrogens is 348 g/mol. The number of nitrogens with zero attached hydrogens (tertiary/aromatic N) is 2. The first-order valence-corrected chi connectivity index (χ1v) is 9.04. The zero-order valence-electron chi connectivity index (χ0n) is 15.6. The van der Waals surface area contributed by atoms with Crippen molar-refractivity contribution >= 4 is 17.8 Å². The number of aliphatic hydroxyl groups is 1. The SMILES string of the molecule is CCCC(O)Cn1ncc(C(=O)OCC)c1NC(=O)NCc1ccccc1. The van der Waals surface area contributed by atoms with E-state index in [2.05, 4.69) is 15.7 Å². The van der Waals surface area contributed by atoms with E-state index in [1.807, 2.05) is 37.3 Å². The molecule has 27 heavy (non-hydrogen) atoms. The van der Waals surface area contributed by atoms with Gasteiger partial charge in [0, 0.05) is 6.54 Å². The number of nitrogens with one attached hydrogen (secondary N) is 2. The van der Waals surface area contributed by atoms with Gasteiger partial charge in [-0.2, -0.15) is 5.10 Å². The van der Waals surface area contributed by atoms with Crippen molar-refractivity contribution in [2.75, 3.05) is 11.9 Å². The Labute approximate surface area is 158 Å². The third-order valence-corrected chi connectivity index (χ3v) is 3.87. The summed E-state index contributed by atoms with van der Waals surface area (Å²) in [7, 11) is 0. The van der Waals surface area contributed by atoms with Gasteiger partial charge in [0.1, 0.15) is 11.4 Å². The zero-order chi connectivity index (χ0) is 19.6. The van der Waals surface area contributed by atoms with Crippen molar-refractivity contribution in [1.82, 2.24) is 15.1 Å². The number of hydrogen-bond donors (Lipinski definition) is 3. The van der Waals surface area contributed by atoms with Crippen LogP contribution in [-0.4, -0.2) is 39.6 Å². The molecule has 0 aliphatic heterocycles. The molecular formula is C19H26N4O4. The molecule has 0 aliphatic carbocycles. The number of carbonyl (C=O) groups is 2. The lowest BCUT2D eigenvalue weighted by molar-refractivity contribution is 0.0527. The van der Waals surface area contributed by atoms with Gasteiger partial charge in [-0.1, -0.05) is 43.7 Å². The van der Waals surface area contributed by atoms with E-state index in [0.717, 1.165) is 12.0 Å². The highest BCUT2D eigenvalue weighted by Crippen LogP contribution is 2.18. The number of anilines is 1. The number of ether oxygens (including phenoxy) is 1. The van der Waals surface area contributed by atoms with Crippen LogP contribution in [-0.2, 0) is 17.8 Å². The van der Waals surface area contributed by atoms with Gasteiger partial charge >= 0.3 is 12.0 Å². The Hall–Kier alpha value is -2.87. The maximum Gasteiger partial charge on any atom is 0.343 e. The maximum atomic E-state index is 12.3. The van der Waals surface area contributed by atoms with Crippen LogP contribution < -0.4 is 10.6 Å². The van der Waals surface area contributed by atoms with E-state index < -0.39 is 18.1 Å². The topological polar surface area (TPSA) is 105 Å². The predicted molar refractivity (Wildman–Crippen MR) is 101 cm³/mol. The number of aromatic nitrogens is 2. The van der Waals surface area contributed by atoms with Crippen molar-refractivity contribution in [3.05, 3.63) is 47.7 Å². The van der Waals surface area contributed by atoms with Gasteiger partial charge in [-0.15, -0.1) is 0 Å². The summed E-state index contributed by atoms with van der Waals surface area (Å²) in [5, 5.41) is 19.6. The van der Waals surface area contributed by atoms with Gasteiger partial charge < -0.3 is 15.2 Å². The van der Waals surface area contributed by atoms with Crippen LogP contribution in [0.15, 0.2) is 36.5 Å². The van der Waals surface area contributed by atoms with E-state index in [1.165, 1.54) is 10.9 Å². The summed E-state index contributed by atoms with van der Waals surface area (Å²) in [6, 6.07) is 8.99. The lowest BCUT2D eigenvalue weighted by Crippen LogP contribution is -2.31. The number of esters is 1. The molecule has 1 aromatic heterocycles. The van der Waals surface area contributed by atoms with Crippen LogP contribution in [0, 0.1) is 0 Å². The summed E-state index contributed by atoms with van der Waals surface area (Å²) in [6.07, 6.45) is 2.11. The molecule has 2 amide bonds. The second-order valence-corrected chi connectivity index (χ2v) is 6.05. The molecule has 0 saturated heterocycles. The average Bonchev–Trinajstić information content (AvgIpc) is 3.03. The summed E-state index contributed by atoms with van der Waals surface area (Å²) >= 11 is 0. The van der Waals surface area contributed by atoms with Crippen molar-refractivity contribution in [1.29, 1.82) is 0 Å². The minimum Gasteiger partial charge on any atom is -0.462 e. The Bertz CT molecular complexity index is 745. The normalized spacial score (nSPS) is 11.7. The monoisotopic (exact) mass is 374 g/mol. The fourth-order valence-electron chi connectivity index (χ4n) is 2.57. The van der Waals surface area contributed by atoms with E-state index in [-0.39, 0.29) is 24.5 Å². The van der Waals surface area contributed by atoms with E-state index in [4.69, 9.17) is 4.74 Å². The highest BCUT2D eigenvalue weighted by atomic mass is 16.5. The van der Waals surface area contributed by atoms with Crippen molar-refractivity contribution in [3.63, 3.8) is 0 Å².